The molecule has 3 aliphatic heterocycles. The van der Waals surface area contributed by atoms with E-state index >= 15 is 4.39 Å². The fraction of sp³-hybridized carbons (Fsp3) is 0.385. The summed E-state index contributed by atoms with van der Waals surface area (Å²) in [6, 6.07) is 4.59. The first-order valence-electron chi connectivity index (χ1n) is 13.5. The van der Waals surface area contributed by atoms with E-state index in [-0.39, 0.29) is 53.6 Å². The third-order valence-electron chi connectivity index (χ3n) is 7.88. The molecule has 216 valence electrons. The molecule has 1 atom stereocenters. The number of ether oxygens (including phenoxy) is 2. The topological polar surface area (TPSA) is 164 Å². The molecule has 0 aromatic carbocycles. The first-order chi connectivity index (χ1) is 20.3. The average Bonchev–Trinajstić information content (AvgIpc) is 3.61. The van der Waals surface area contributed by atoms with Crippen LogP contribution in [0.5, 0.6) is 5.75 Å². The van der Waals surface area contributed by atoms with Crippen molar-refractivity contribution < 1.29 is 23.5 Å². The average molecular weight is 595 g/mol. The summed E-state index contributed by atoms with van der Waals surface area (Å²) in [5, 5.41) is 6.14. The van der Waals surface area contributed by atoms with Crippen LogP contribution in [0, 0.1) is 5.82 Å². The molecule has 4 aliphatic rings. The molecule has 7 heterocycles. The van der Waals surface area contributed by atoms with Gasteiger partial charge in [-0.15, -0.1) is 0 Å². The number of hydrogen-bond donors (Lipinski definition) is 3. The Morgan fingerprint density at radius 1 is 1.12 bits per heavy atom. The van der Waals surface area contributed by atoms with Crippen molar-refractivity contribution in [3.63, 3.8) is 0 Å². The Labute approximate surface area is 239 Å². The number of aromatic nitrogens is 4. The zero-order chi connectivity index (χ0) is 28.7. The molecule has 1 unspecified atom stereocenters. The maximum absolute atomic E-state index is 15.2. The van der Waals surface area contributed by atoms with Crippen LogP contribution in [0.25, 0.3) is 21.3 Å². The van der Waals surface area contributed by atoms with Gasteiger partial charge >= 0.3 is 6.09 Å². The number of fused-ring (bicyclic) bond motifs is 3. The van der Waals surface area contributed by atoms with Crippen LogP contribution >= 0.6 is 11.5 Å². The Balaban J connectivity index is 0.946. The second-order valence-electron chi connectivity index (χ2n) is 10.8. The third-order valence-corrected chi connectivity index (χ3v) is 8.76. The zero-order valence-electron chi connectivity index (χ0n) is 21.9. The summed E-state index contributed by atoms with van der Waals surface area (Å²) < 4.78 is 30.6. The zero-order valence-corrected chi connectivity index (χ0v) is 22.7. The summed E-state index contributed by atoms with van der Waals surface area (Å²) in [6.45, 7) is 1.50. The summed E-state index contributed by atoms with van der Waals surface area (Å²) >= 11 is 1.10. The van der Waals surface area contributed by atoms with Gasteiger partial charge in [-0.25, -0.2) is 19.2 Å². The predicted molar refractivity (Wildman–Crippen MR) is 150 cm³/mol. The van der Waals surface area contributed by atoms with Crippen molar-refractivity contribution in [2.45, 2.75) is 31.0 Å². The minimum atomic E-state index is -0.620. The molecule has 3 fully saturated rings. The van der Waals surface area contributed by atoms with Crippen molar-refractivity contribution in [2.75, 3.05) is 47.9 Å². The molecule has 4 aromatic rings. The summed E-state index contributed by atoms with van der Waals surface area (Å²) in [5.74, 6) is 0.246. The van der Waals surface area contributed by atoms with E-state index in [0.717, 1.165) is 24.4 Å². The highest BCUT2D eigenvalue weighted by atomic mass is 32.1. The number of carbonyl (C=O) groups excluding carboxylic acids is 2. The largest absolute Gasteiger partial charge is 0.480 e. The number of carbonyl (C=O) groups is 2. The van der Waals surface area contributed by atoms with Crippen LogP contribution in [0.2, 0.25) is 0 Å². The maximum atomic E-state index is 15.2. The van der Waals surface area contributed by atoms with Crippen LogP contribution in [0.15, 0.2) is 27.8 Å². The second kappa shape index (κ2) is 9.22. The predicted octanol–water partition coefficient (Wildman–Crippen LogP) is 1.30. The number of halogens is 1. The monoisotopic (exact) mass is 594 g/mol. The molecule has 8 rings (SSSR count). The molecule has 1 saturated carbocycles. The fourth-order valence-corrected chi connectivity index (χ4v) is 6.52. The van der Waals surface area contributed by atoms with E-state index in [1.165, 1.54) is 11.0 Å². The number of anilines is 3. The van der Waals surface area contributed by atoms with Crippen molar-refractivity contribution in [1.29, 1.82) is 0 Å². The minimum Gasteiger partial charge on any atom is -0.480 e. The molecular formula is C26H23FN8O6S. The molecule has 2 saturated heterocycles. The number of H-pyrrole nitrogens is 1. The third kappa shape index (κ3) is 4.00. The van der Waals surface area contributed by atoms with Gasteiger partial charge in [-0.2, -0.15) is 0 Å². The Morgan fingerprint density at radius 3 is 2.76 bits per heavy atom. The first kappa shape index (κ1) is 25.2. The highest BCUT2D eigenvalue weighted by Gasteiger charge is 2.37. The summed E-state index contributed by atoms with van der Waals surface area (Å²) in [5.41, 5.74) is -0.585. The van der Waals surface area contributed by atoms with Crippen LogP contribution < -0.4 is 36.2 Å². The lowest BCUT2D eigenvalue weighted by atomic mass is 10.1. The van der Waals surface area contributed by atoms with Gasteiger partial charge in [0.15, 0.2) is 29.8 Å². The Bertz CT molecular complexity index is 1930. The van der Waals surface area contributed by atoms with Crippen molar-refractivity contribution >= 4 is 62.2 Å². The molecule has 14 nitrogen and oxygen atoms in total. The molecule has 0 radical (unpaired) electrons. The van der Waals surface area contributed by atoms with Crippen LogP contribution in [0.3, 0.4) is 0 Å². The molecule has 1 aliphatic carbocycles. The van der Waals surface area contributed by atoms with Crippen molar-refractivity contribution in [2.24, 2.45) is 0 Å². The standard InChI is InChI=1S/C26H23FN8O6S/c27-15-5-14-20(37)19-24(38)32-42-25(19)35(12-1-2-12)22(14)31-23(15)33-7-11(8-33)28-6-13-9-34(26(39)41-13)17-4-3-16-21(29-17)30-18(36)10-40-16/h3-5,11-13,28H,1-2,6-10H2,(H,32,38)(H,29,30,36). The van der Waals surface area contributed by atoms with E-state index in [2.05, 4.69) is 25.0 Å². The number of rotatable bonds is 6. The van der Waals surface area contributed by atoms with Crippen LogP contribution in [0.1, 0.15) is 18.9 Å². The lowest BCUT2D eigenvalue weighted by Gasteiger charge is -2.41. The number of nitrogens with zero attached hydrogens (tertiary/aromatic N) is 5. The van der Waals surface area contributed by atoms with Gasteiger partial charge in [0.25, 0.3) is 11.5 Å². The number of aromatic amines is 1. The Morgan fingerprint density at radius 2 is 1.95 bits per heavy atom. The van der Waals surface area contributed by atoms with Crippen molar-refractivity contribution in [1.82, 2.24) is 24.2 Å². The van der Waals surface area contributed by atoms with E-state index in [1.54, 1.807) is 17.0 Å². The van der Waals surface area contributed by atoms with Gasteiger partial charge < -0.3 is 29.6 Å². The molecule has 0 spiro atoms. The van der Waals surface area contributed by atoms with Gasteiger partial charge in [0.2, 0.25) is 5.43 Å². The minimum absolute atomic E-state index is 0.00639. The fourth-order valence-electron chi connectivity index (χ4n) is 5.61. The van der Waals surface area contributed by atoms with Crippen LogP contribution in [-0.2, 0) is 9.53 Å². The number of hydrogen-bond acceptors (Lipinski definition) is 11. The molecular weight excluding hydrogens is 571 g/mol. The number of amides is 2. The second-order valence-corrected chi connectivity index (χ2v) is 11.6. The van der Waals surface area contributed by atoms with Gasteiger partial charge in [-0.3, -0.25) is 23.7 Å². The molecule has 42 heavy (non-hydrogen) atoms. The van der Waals surface area contributed by atoms with Crippen LogP contribution in [-0.4, -0.2) is 75.8 Å². The summed E-state index contributed by atoms with van der Waals surface area (Å²) in [6.07, 6.45) is 0.827. The van der Waals surface area contributed by atoms with E-state index < -0.39 is 29.0 Å². The number of pyridine rings is 3. The molecule has 16 heteroatoms. The number of nitrogens with one attached hydrogen (secondary N) is 3. The van der Waals surface area contributed by atoms with Crippen molar-refractivity contribution in [3.05, 3.63) is 44.6 Å². The Kier molecular flexibility index (Phi) is 5.52. The molecule has 0 bridgehead atoms. The summed E-state index contributed by atoms with van der Waals surface area (Å²) in [4.78, 5) is 62.1. The van der Waals surface area contributed by atoms with E-state index in [4.69, 9.17) is 9.47 Å². The van der Waals surface area contributed by atoms with E-state index in [0.29, 0.717) is 41.7 Å². The van der Waals surface area contributed by atoms with Gasteiger partial charge in [0.1, 0.15) is 27.8 Å². The van der Waals surface area contributed by atoms with E-state index in [9.17, 15) is 19.2 Å². The molecule has 2 amide bonds. The maximum Gasteiger partial charge on any atom is 0.416 e. The highest BCUT2D eigenvalue weighted by molar-refractivity contribution is 7.12. The van der Waals surface area contributed by atoms with Gasteiger partial charge in [-0.1, -0.05) is 0 Å². The van der Waals surface area contributed by atoms with Gasteiger partial charge in [0.05, 0.1) is 11.9 Å². The molecule has 4 aromatic heterocycles. The SMILES string of the molecule is O=C1COc2ccc(N3CC(CNC4CN(c5nc6c(cc5F)c(=O)c5c(=O)[nH]sc5n6C5CC5)C4)OC3=O)nc2N1. The lowest BCUT2D eigenvalue weighted by molar-refractivity contribution is -0.118. The summed E-state index contributed by atoms with van der Waals surface area (Å²) in [7, 11) is 0. The Hall–Kier alpha value is -4.57. The van der Waals surface area contributed by atoms with E-state index in [1.807, 2.05) is 4.57 Å². The van der Waals surface area contributed by atoms with Gasteiger partial charge in [-0.05, 0) is 42.6 Å². The smallest absolute Gasteiger partial charge is 0.416 e. The lowest BCUT2D eigenvalue weighted by Crippen LogP contribution is -2.59. The van der Waals surface area contributed by atoms with Gasteiger partial charge in [0, 0.05) is 31.7 Å². The van der Waals surface area contributed by atoms with Crippen molar-refractivity contribution in [3.8, 4) is 5.75 Å². The number of cyclic esters (lactones) is 1. The first-order valence-corrected chi connectivity index (χ1v) is 14.3. The highest BCUT2D eigenvalue weighted by Crippen LogP contribution is 2.40. The quantitative estimate of drug-likeness (QED) is 0.297. The molecule has 3 N–H and O–H groups in total. The normalized spacial score (nSPS) is 20.5. The van der Waals surface area contributed by atoms with Crippen LogP contribution in [0.4, 0.5) is 26.6 Å².